The van der Waals surface area contributed by atoms with Crippen LogP contribution in [0.4, 0.5) is 20.2 Å². The maximum absolute atomic E-state index is 14.4. The molecule has 3 nitrogen and oxygen atoms in total. The largest absolute Gasteiger partial charge is 0.481 e. The van der Waals surface area contributed by atoms with Crippen LogP contribution in [-0.2, 0) is 11.2 Å². The fourth-order valence-corrected chi connectivity index (χ4v) is 2.54. The third-order valence-electron chi connectivity index (χ3n) is 3.78. The lowest BCUT2D eigenvalue weighted by Gasteiger charge is -2.12. The Bertz CT molecular complexity index is 908. The van der Waals surface area contributed by atoms with Crippen LogP contribution >= 0.6 is 0 Å². The number of hydrogen-bond donors (Lipinski definition) is 2. The first-order valence-corrected chi connectivity index (χ1v) is 7.65. The summed E-state index contributed by atoms with van der Waals surface area (Å²) in [5.41, 5.74) is 2.68. The Kier molecular flexibility index (Phi) is 4.75. The van der Waals surface area contributed by atoms with E-state index in [-0.39, 0.29) is 17.9 Å². The van der Waals surface area contributed by atoms with E-state index >= 15 is 0 Å². The Hall–Kier alpha value is -3.21. The zero-order valence-corrected chi connectivity index (χ0v) is 13.2. The smallest absolute Gasteiger partial charge is 0.307 e. The highest BCUT2D eigenvalue weighted by atomic mass is 19.1. The number of para-hydroxylation sites is 1. The van der Waals surface area contributed by atoms with Crippen LogP contribution in [0.1, 0.15) is 5.56 Å². The monoisotopic (exact) mass is 339 g/mol. The first-order valence-electron chi connectivity index (χ1n) is 7.65. The van der Waals surface area contributed by atoms with Gasteiger partial charge in [0.25, 0.3) is 0 Å². The van der Waals surface area contributed by atoms with E-state index in [0.29, 0.717) is 22.4 Å². The molecule has 0 aromatic heterocycles. The molecule has 0 aliphatic heterocycles. The molecule has 0 saturated heterocycles. The molecule has 0 heterocycles. The number of carbonyl (C=O) groups is 1. The second-order valence-corrected chi connectivity index (χ2v) is 5.55. The molecule has 126 valence electrons. The van der Waals surface area contributed by atoms with Gasteiger partial charge in [0.2, 0.25) is 0 Å². The van der Waals surface area contributed by atoms with Crippen molar-refractivity contribution >= 4 is 17.3 Å². The summed E-state index contributed by atoms with van der Waals surface area (Å²) in [6.07, 6.45) is -0.154. The Morgan fingerprint density at radius 1 is 0.880 bits per heavy atom. The van der Waals surface area contributed by atoms with Crippen molar-refractivity contribution in [2.24, 2.45) is 0 Å². The van der Waals surface area contributed by atoms with Gasteiger partial charge in [-0.25, -0.2) is 8.78 Å². The minimum Gasteiger partial charge on any atom is -0.481 e. The predicted octanol–water partition coefficient (Wildman–Crippen LogP) is 5.00. The first-order chi connectivity index (χ1) is 12.0. The summed E-state index contributed by atoms with van der Waals surface area (Å²) in [5, 5.41) is 11.9. The van der Waals surface area contributed by atoms with E-state index in [1.165, 1.54) is 18.2 Å². The molecule has 2 N–H and O–H groups in total. The van der Waals surface area contributed by atoms with Gasteiger partial charge in [0.1, 0.15) is 11.6 Å². The minimum absolute atomic E-state index is 0.154. The summed E-state index contributed by atoms with van der Waals surface area (Å²) < 4.78 is 27.4. The fourth-order valence-electron chi connectivity index (χ4n) is 2.54. The van der Waals surface area contributed by atoms with Gasteiger partial charge >= 0.3 is 5.97 Å². The Morgan fingerprint density at radius 2 is 1.56 bits per heavy atom. The van der Waals surface area contributed by atoms with Crippen molar-refractivity contribution in [2.45, 2.75) is 6.42 Å². The summed E-state index contributed by atoms with van der Waals surface area (Å²) in [7, 11) is 0. The number of rotatable bonds is 5. The van der Waals surface area contributed by atoms with Crippen molar-refractivity contribution < 1.29 is 18.7 Å². The summed E-state index contributed by atoms with van der Waals surface area (Å²) in [4.78, 5) is 10.9. The summed E-state index contributed by atoms with van der Waals surface area (Å²) in [5.74, 6) is -1.79. The molecule has 0 bridgehead atoms. The van der Waals surface area contributed by atoms with Crippen LogP contribution < -0.4 is 5.32 Å². The molecule has 0 radical (unpaired) electrons. The van der Waals surface area contributed by atoms with E-state index in [4.69, 9.17) is 5.11 Å². The lowest BCUT2D eigenvalue weighted by atomic mass is 10.0. The van der Waals surface area contributed by atoms with Gasteiger partial charge in [0.15, 0.2) is 0 Å². The number of carboxylic acids is 1. The maximum Gasteiger partial charge on any atom is 0.307 e. The van der Waals surface area contributed by atoms with Gasteiger partial charge in [0, 0.05) is 5.69 Å². The quantitative estimate of drug-likeness (QED) is 0.687. The molecule has 0 aliphatic rings. The third-order valence-corrected chi connectivity index (χ3v) is 3.78. The SMILES string of the molecule is O=C(O)Cc1ccccc1Nc1ccc(-c2ccc(F)cc2)cc1F. The van der Waals surface area contributed by atoms with Gasteiger partial charge in [-0.1, -0.05) is 36.4 Å². The maximum atomic E-state index is 14.4. The molecular weight excluding hydrogens is 324 g/mol. The zero-order chi connectivity index (χ0) is 17.8. The molecule has 0 saturated carbocycles. The van der Waals surface area contributed by atoms with Crippen molar-refractivity contribution in [1.82, 2.24) is 0 Å². The van der Waals surface area contributed by atoms with Gasteiger partial charge in [-0.05, 0) is 47.0 Å². The molecule has 3 aromatic carbocycles. The molecule has 5 heteroatoms. The lowest BCUT2D eigenvalue weighted by molar-refractivity contribution is -0.136. The second-order valence-electron chi connectivity index (χ2n) is 5.55. The molecule has 3 aromatic rings. The highest BCUT2D eigenvalue weighted by molar-refractivity contribution is 5.76. The Labute approximate surface area is 143 Å². The van der Waals surface area contributed by atoms with Crippen LogP contribution in [0.25, 0.3) is 11.1 Å². The topological polar surface area (TPSA) is 49.3 Å². The van der Waals surface area contributed by atoms with Crippen LogP contribution in [0.2, 0.25) is 0 Å². The third kappa shape index (κ3) is 4.01. The molecule has 0 atom stereocenters. The van der Waals surface area contributed by atoms with Crippen molar-refractivity contribution in [3.05, 3.63) is 83.9 Å². The van der Waals surface area contributed by atoms with Gasteiger partial charge in [-0.2, -0.15) is 0 Å². The molecular formula is C20H15F2NO2. The van der Waals surface area contributed by atoms with E-state index in [9.17, 15) is 13.6 Å². The minimum atomic E-state index is -0.957. The average molecular weight is 339 g/mol. The highest BCUT2D eigenvalue weighted by Gasteiger charge is 2.10. The molecule has 3 rings (SSSR count). The van der Waals surface area contributed by atoms with E-state index in [0.717, 1.165) is 0 Å². The lowest BCUT2D eigenvalue weighted by Crippen LogP contribution is -2.04. The predicted molar refractivity (Wildman–Crippen MR) is 92.9 cm³/mol. The molecule has 0 fully saturated rings. The number of carboxylic acid groups (broad SMARTS) is 1. The number of aliphatic carboxylic acids is 1. The zero-order valence-electron chi connectivity index (χ0n) is 13.2. The van der Waals surface area contributed by atoms with Gasteiger partial charge in [-0.3, -0.25) is 4.79 Å². The van der Waals surface area contributed by atoms with Crippen molar-refractivity contribution in [1.29, 1.82) is 0 Å². The Balaban J connectivity index is 1.87. The molecule has 0 unspecified atom stereocenters. The average Bonchev–Trinajstić information content (AvgIpc) is 2.58. The molecule has 0 amide bonds. The number of benzene rings is 3. The van der Waals surface area contributed by atoms with Crippen molar-refractivity contribution in [2.75, 3.05) is 5.32 Å². The number of hydrogen-bond acceptors (Lipinski definition) is 2. The van der Waals surface area contributed by atoms with Crippen molar-refractivity contribution in [3.8, 4) is 11.1 Å². The summed E-state index contributed by atoms with van der Waals surface area (Å²) >= 11 is 0. The van der Waals surface area contributed by atoms with Crippen LogP contribution in [0, 0.1) is 11.6 Å². The second kappa shape index (κ2) is 7.13. The van der Waals surface area contributed by atoms with Crippen molar-refractivity contribution in [3.63, 3.8) is 0 Å². The van der Waals surface area contributed by atoms with Crippen LogP contribution in [0.15, 0.2) is 66.7 Å². The molecule has 25 heavy (non-hydrogen) atoms. The van der Waals surface area contributed by atoms with E-state index in [1.54, 1.807) is 48.5 Å². The standard InChI is InChI=1S/C20H15F2NO2/c21-16-8-5-13(6-9-16)14-7-10-19(17(22)11-14)23-18-4-2-1-3-15(18)12-20(24)25/h1-11,23H,12H2,(H,24,25). The van der Waals surface area contributed by atoms with Crippen LogP contribution in [0.3, 0.4) is 0 Å². The van der Waals surface area contributed by atoms with E-state index in [1.807, 2.05) is 0 Å². The molecule has 0 aliphatic carbocycles. The van der Waals surface area contributed by atoms with Gasteiger partial charge in [0.05, 0.1) is 12.1 Å². The highest BCUT2D eigenvalue weighted by Crippen LogP contribution is 2.28. The summed E-state index contributed by atoms with van der Waals surface area (Å²) in [6, 6.07) is 17.3. The number of nitrogens with one attached hydrogen (secondary N) is 1. The van der Waals surface area contributed by atoms with Crippen LogP contribution in [-0.4, -0.2) is 11.1 Å². The van der Waals surface area contributed by atoms with Gasteiger partial charge in [-0.15, -0.1) is 0 Å². The normalized spacial score (nSPS) is 10.5. The first kappa shape index (κ1) is 16.6. The number of halogens is 2. The fraction of sp³-hybridized carbons (Fsp3) is 0.0500. The summed E-state index contributed by atoms with van der Waals surface area (Å²) in [6.45, 7) is 0. The van der Waals surface area contributed by atoms with E-state index in [2.05, 4.69) is 5.32 Å². The number of anilines is 2. The Morgan fingerprint density at radius 3 is 2.24 bits per heavy atom. The van der Waals surface area contributed by atoms with Crippen LogP contribution in [0.5, 0.6) is 0 Å². The van der Waals surface area contributed by atoms with Gasteiger partial charge < -0.3 is 10.4 Å². The molecule has 0 spiro atoms. The van der Waals surface area contributed by atoms with E-state index < -0.39 is 11.8 Å².